The summed E-state index contributed by atoms with van der Waals surface area (Å²) in [6.07, 6.45) is 8.65. The fourth-order valence-corrected chi connectivity index (χ4v) is 3.97. The maximum absolute atomic E-state index is 13.8. The summed E-state index contributed by atoms with van der Waals surface area (Å²) in [4.78, 5) is 13.1. The summed E-state index contributed by atoms with van der Waals surface area (Å²) in [6, 6.07) is 6.99. The molecule has 1 aromatic carbocycles. The lowest BCUT2D eigenvalue weighted by atomic mass is 9.68. The molecule has 0 unspecified atom stereocenters. The van der Waals surface area contributed by atoms with E-state index in [2.05, 4.69) is 20.1 Å². The summed E-state index contributed by atoms with van der Waals surface area (Å²) >= 11 is 0. The monoisotopic (exact) mass is 342 g/mol. The van der Waals surface area contributed by atoms with Gasteiger partial charge in [0.05, 0.1) is 12.0 Å². The van der Waals surface area contributed by atoms with Gasteiger partial charge in [-0.15, -0.1) is 10.2 Å². The van der Waals surface area contributed by atoms with Crippen LogP contribution in [0.1, 0.15) is 62.4 Å². The van der Waals surface area contributed by atoms with Crippen molar-refractivity contribution in [2.75, 3.05) is 0 Å². The molecular formula is C19H23FN4O. The minimum atomic E-state index is -0.634. The van der Waals surface area contributed by atoms with Crippen molar-refractivity contribution in [3.05, 3.63) is 47.8 Å². The Balaban J connectivity index is 1.54. The Kier molecular flexibility index (Phi) is 4.27. The third-order valence-electron chi connectivity index (χ3n) is 5.51. The predicted octanol–water partition coefficient (Wildman–Crippen LogP) is 3.27. The number of halogens is 1. The van der Waals surface area contributed by atoms with E-state index in [1.165, 1.54) is 12.1 Å². The molecule has 0 saturated heterocycles. The van der Waals surface area contributed by atoms with Crippen LogP contribution in [0.4, 0.5) is 4.39 Å². The molecule has 2 aliphatic rings. The van der Waals surface area contributed by atoms with E-state index in [1.54, 1.807) is 12.4 Å². The van der Waals surface area contributed by atoms with Gasteiger partial charge in [0.2, 0.25) is 5.91 Å². The topological polar surface area (TPSA) is 59.8 Å². The molecule has 0 atom stereocenters. The molecule has 132 valence electrons. The van der Waals surface area contributed by atoms with Crippen molar-refractivity contribution in [3.8, 4) is 0 Å². The van der Waals surface area contributed by atoms with Gasteiger partial charge in [-0.1, -0.05) is 31.4 Å². The van der Waals surface area contributed by atoms with Crippen molar-refractivity contribution in [2.45, 2.75) is 62.9 Å². The van der Waals surface area contributed by atoms with Crippen LogP contribution in [0.15, 0.2) is 30.6 Å². The molecule has 2 aromatic rings. The number of nitrogens with zero attached hydrogens (tertiary/aromatic N) is 3. The van der Waals surface area contributed by atoms with E-state index in [0.29, 0.717) is 12.6 Å². The van der Waals surface area contributed by atoms with Gasteiger partial charge in [-0.3, -0.25) is 4.79 Å². The first kappa shape index (κ1) is 16.2. The lowest BCUT2D eigenvalue weighted by molar-refractivity contribution is -0.128. The zero-order chi connectivity index (χ0) is 17.3. The molecule has 5 nitrogen and oxygen atoms in total. The Morgan fingerprint density at radius 2 is 2.08 bits per heavy atom. The number of benzene rings is 1. The highest BCUT2D eigenvalue weighted by atomic mass is 19.1. The number of rotatable bonds is 5. The molecule has 4 rings (SSSR count). The quantitative estimate of drug-likeness (QED) is 0.907. The van der Waals surface area contributed by atoms with Crippen molar-refractivity contribution >= 4 is 5.91 Å². The number of hydrogen-bond acceptors (Lipinski definition) is 3. The van der Waals surface area contributed by atoms with Crippen molar-refractivity contribution < 1.29 is 9.18 Å². The summed E-state index contributed by atoms with van der Waals surface area (Å²) in [5.41, 5.74) is 0.151. The number of nitrogens with one attached hydrogen (secondary N) is 1. The Morgan fingerprint density at radius 1 is 1.28 bits per heavy atom. The standard InChI is InChI=1S/C19H23FN4O/c20-15-6-4-5-14(11-15)19(9-2-1-3-10-19)18(25)21-12-17-23-22-13-24(17)16-7-8-16/h4-6,11,13,16H,1-3,7-10,12H2,(H,21,25). The van der Waals surface area contributed by atoms with Crippen molar-refractivity contribution in [1.82, 2.24) is 20.1 Å². The largest absolute Gasteiger partial charge is 0.348 e. The van der Waals surface area contributed by atoms with E-state index in [1.807, 2.05) is 6.07 Å². The average Bonchev–Trinajstić information content (AvgIpc) is 3.38. The second kappa shape index (κ2) is 6.58. The molecule has 0 bridgehead atoms. The lowest BCUT2D eigenvalue weighted by Crippen LogP contribution is -2.45. The van der Waals surface area contributed by atoms with Crippen LogP contribution in [-0.2, 0) is 16.8 Å². The third kappa shape index (κ3) is 3.17. The molecule has 1 heterocycles. The van der Waals surface area contributed by atoms with Gasteiger partial charge in [-0.05, 0) is 43.4 Å². The number of hydrogen-bond donors (Lipinski definition) is 1. The van der Waals surface area contributed by atoms with Gasteiger partial charge in [0, 0.05) is 6.04 Å². The van der Waals surface area contributed by atoms with Gasteiger partial charge in [0.25, 0.3) is 0 Å². The first-order valence-corrected chi connectivity index (χ1v) is 9.12. The maximum Gasteiger partial charge on any atom is 0.231 e. The Morgan fingerprint density at radius 3 is 2.80 bits per heavy atom. The molecule has 2 saturated carbocycles. The van der Waals surface area contributed by atoms with Gasteiger partial charge in [-0.25, -0.2) is 4.39 Å². The molecular weight excluding hydrogens is 319 g/mol. The molecule has 2 fully saturated rings. The highest BCUT2D eigenvalue weighted by molar-refractivity contribution is 5.88. The maximum atomic E-state index is 13.8. The van der Waals surface area contributed by atoms with E-state index in [0.717, 1.165) is 56.3 Å². The van der Waals surface area contributed by atoms with E-state index >= 15 is 0 Å². The van der Waals surface area contributed by atoms with Gasteiger partial charge in [0.15, 0.2) is 5.82 Å². The molecule has 0 aliphatic heterocycles. The zero-order valence-electron chi connectivity index (χ0n) is 14.2. The summed E-state index contributed by atoms with van der Waals surface area (Å²) in [6.45, 7) is 0.367. The molecule has 0 radical (unpaired) electrons. The lowest BCUT2D eigenvalue weighted by Gasteiger charge is -2.36. The number of amides is 1. The van der Waals surface area contributed by atoms with Gasteiger partial charge in [-0.2, -0.15) is 0 Å². The fourth-order valence-electron chi connectivity index (χ4n) is 3.97. The van der Waals surface area contributed by atoms with E-state index in [4.69, 9.17) is 0 Å². The molecule has 6 heteroatoms. The first-order chi connectivity index (χ1) is 12.2. The van der Waals surface area contributed by atoms with E-state index < -0.39 is 5.41 Å². The van der Waals surface area contributed by atoms with Gasteiger partial charge >= 0.3 is 0 Å². The van der Waals surface area contributed by atoms with Gasteiger partial charge in [0.1, 0.15) is 12.1 Å². The zero-order valence-corrected chi connectivity index (χ0v) is 14.2. The van der Waals surface area contributed by atoms with Crippen LogP contribution >= 0.6 is 0 Å². The van der Waals surface area contributed by atoms with Gasteiger partial charge < -0.3 is 9.88 Å². The normalized spacial score (nSPS) is 19.6. The number of carbonyl (C=O) groups is 1. The van der Waals surface area contributed by atoms with Crippen LogP contribution in [0.2, 0.25) is 0 Å². The molecule has 2 aliphatic carbocycles. The molecule has 1 N–H and O–H groups in total. The average molecular weight is 342 g/mol. The van der Waals surface area contributed by atoms with Crippen LogP contribution in [0.3, 0.4) is 0 Å². The highest BCUT2D eigenvalue weighted by Crippen LogP contribution is 2.40. The molecule has 1 aromatic heterocycles. The van der Waals surface area contributed by atoms with Crippen LogP contribution < -0.4 is 5.32 Å². The number of aromatic nitrogens is 3. The summed E-state index contributed by atoms with van der Waals surface area (Å²) < 4.78 is 15.8. The Bertz CT molecular complexity index is 762. The smallest absolute Gasteiger partial charge is 0.231 e. The summed E-state index contributed by atoms with van der Waals surface area (Å²) in [5, 5.41) is 11.2. The second-order valence-electron chi connectivity index (χ2n) is 7.22. The van der Waals surface area contributed by atoms with Crippen LogP contribution in [0.5, 0.6) is 0 Å². The predicted molar refractivity (Wildman–Crippen MR) is 91.3 cm³/mol. The van der Waals surface area contributed by atoms with Crippen LogP contribution in [0, 0.1) is 5.82 Å². The third-order valence-corrected chi connectivity index (χ3v) is 5.51. The van der Waals surface area contributed by atoms with Crippen molar-refractivity contribution in [2.24, 2.45) is 0 Å². The second-order valence-corrected chi connectivity index (χ2v) is 7.22. The fraction of sp³-hybridized carbons (Fsp3) is 0.526. The highest BCUT2D eigenvalue weighted by Gasteiger charge is 2.41. The summed E-state index contributed by atoms with van der Waals surface area (Å²) in [5.74, 6) is 0.480. The minimum Gasteiger partial charge on any atom is -0.348 e. The Labute approximate surface area is 146 Å². The minimum absolute atomic E-state index is 0.0249. The SMILES string of the molecule is O=C(NCc1nncn1C1CC1)C1(c2cccc(F)c2)CCCCC1. The van der Waals surface area contributed by atoms with E-state index in [9.17, 15) is 9.18 Å². The molecule has 25 heavy (non-hydrogen) atoms. The first-order valence-electron chi connectivity index (χ1n) is 9.12. The molecule has 1 amide bonds. The van der Waals surface area contributed by atoms with Crippen molar-refractivity contribution in [3.63, 3.8) is 0 Å². The van der Waals surface area contributed by atoms with Crippen LogP contribution in [0.25, 0.3) is 0 Å². The summed E-state index contributed by atoms with van der Waals surface area (Å²) in [7, 11) is 0. The number of carbonyl (C=O) groups excluding carboxylic acids is 1. The van der Waals surface area contributed by atoms with E-state index in [-0.39, 0.29) is 11.7 Å². The van der Waals surface area contributed by atoms with Crippen LogP contribution in [-0.4, -0.2) is 20.7 Å². The molecule has 0 spiro atoms. The van der Waals surface area contributed by atoms with Crippen molar-refractivity contribution in [1.29, 1.82) is 0 Å². The Hall–Kier alpha value is -2.24.